The third-order valence-electron chi connectivity index (χ3n) is 5.98. The van der Waals surface area contributed by atoms with Gasteiger partial charge in [-0.05, 0) is 30.4 Å². The van der Waals surface area contributed by atoms with E-state index in [2.05, 4.69) is 37.1 Å². The van der Waals surface area contributed by atoms with Gasteiger partial charge in [-0.25, -0.2) is 0 Å². The van der Waals surface area contributed by atoms with Crippen LogP contribution in [0.1, 0.15) is 39.2 Å². The fraction of sp³-hybridized carbons (Fsp3) is 0.652. The summed E-state index contributed by atoms with van der Waals surface area (Å²) >= 11 is 0. The van der Waals surface area contributed by atoms with E-state index in [4.69, 9.17) is 4.74 Å². The molecule has 1 aromatic carbocycles. The van der Waals surface area contributed by atoms with Crippen molar-refractivity contribution in [3.8, 4) is 0 Å². The highest BCUT2D eigenvalue weighted by atomic mass is 16.5. The van der Waals surface area contributed by atoms with Crippen LogP contribution in [0.3, 0.4) is 0 Å². The minimum Gasteiger partial charge on any atom is -0.379 e. The minimum absolute atomic E-state index is 0.00292. The van der Waals surface area contributed by atoms with Crippen LogP contribution < -0.4 is 10.2 Å². The Bertz CT molecular complexity index is 700. The maximum atomic E-state index is 12.9. The van der Waals surface area contributed by atoms with Crippen molar-refractivity contribution in [2.75, 3.05) is 44.3 Å². The molecular formula is C23H35N3O3. The summed E-state index contributed by atoms with van der Waals surface area (Å²) in [5, 5.41) is 3.15. The maximum Gasteiger partial charge on any atom is 0.227 e. The van der Waals surface area contributed by atoms with Gasteiger partial charge in [-0.15, -0.1) is 0 Å². The van der Waals surface area contributed by atoms with Crippen molar-refractivity contribution < 1.29 is 14.3 Å². The maximum absolute atomic E-state index is 12.9. The molecule has 1 aromatic rings. The molecular weight excluding hydrogens is 366 g/mol. The fourth-order valence-corrected chi connectivity index (χ4v) is 4.40. The van der Waals surface area contributed by atoms with Crippen LogP contribution in [0.4, 0.5) is 5.69 Å². The third-order valence-corrected chi connectivity index (χ3v) is 5.98. The van der Waals surface area contributed by atoms with Gasteiger partial charge < -0.3 is 15.0 Å². The van der Waals surface area contributed by atoms with E-state index >= 15 is 0 Å². The van der Waals surface area contributed by atoms with E-state index in [0.717, 1.165) is 50.4 Å². The molecule has 0 bridgehead atoms. The van der Waals surface area contributed by atoms with Gasteiger partial charge in [-0.2, -0.15) is 0 Å². The SMILES string of the molecule is CCc1ccccc1N1CC(C(=O)NCC(CC(C)C)N2CCOCC2)CC1=O. The Labute approximate surface area is 174 Å². The average Bonchev–Trinajstić information content (AvgIpc) is 3.12. The Morgan fingerprint density at radius 2 is 1.97 bits per heavy atom. The summed E-state index contributed by atoms with van der Waals surface area (Å²) in [7, 11) is 0. The second kappa shape index (κ2) is 10.2. The van der Waals surface area contributed by atoms with Gasteiger partial charge in [-0.3, -0.25) is 14.5 Å². The van der Waals surface area contributed by atoms with E-state index in [9.17, 15) is 9.59 Å². The largest absolute Gasteiger partial charge is 0.379 e. The zero-order valence-electron chi connectivity index (χ0n) is 18.0. The van der Waals surface area contributed by atoms with Crippen LogP contribution in [-0.4, -0.2) is 62.1 Å². The Morgan fingerprint density at radius 3 is 2.66 bits per heavy atom. The van der Waals surface area contributed by atoms with E-state index < -0.39 is 0 Å². The predicted octanol–water partition coefficient (Wildman–Crippen LogP) is 2.47. The van der Waals surface area contributed by atoms with Gasteiger partial charge in [0.1, 0.15) is 0 Å². The first-order valence-electron chi connectivity index (χ1n) is 11.0. The molecule has 2 saturated heterocycles. The van der Waals surface area contributed by atoms with Crippen molar-refractivity contribution in [3.05, 3.63) is 29.8 Å². The smallest absolute Gasteiger partial charge is 0.227 e. The monoisotopic (exact) mass is 401 g/mol. The number of nitrogens with one attached hydrogen (secondary N) is 1. The molecule has 2 amide bonds. The molecule has 3 rings (SSSR count). The number of carbonyl (C=O) groups excluding carboxylic acids is 2. The highest BCUT2D eigenvalue weighted by Gasteiger charge is 2.36. The lowest BCUT2D eigenvalue weighted by Crippen LogP contribution is -2.50. The molecule has 2 atom stereocenters. The highest BCUT2D eigenvalue weighted by Crippen LogP contribution is 2.28. The highest BCUT2D eigenvalue weighted by molar-refractivity contribution is 6.00. The lowest BCUT2D eigenvalue weighted by atomic mass is 10.0. The Kier molecular flexibility index (Phi) is 7.67. The van der Waals surface area contributed by atoms with Crippen molar-refractivity contribution in [2.24, 2.45) is 11.8 Å². The van der Waals surface area contributed by atoms with Crippen molar-refractivity contribution in [1.82, 2.24) is 10.2 Å². The second-order valence-electron chi connectivity index (χ2n) is 8.56. The molecule has 6 nitrogen and oxygen atoms in total. The van der Waals surface area contributed by atoms with Crippen LogP contribution in [0.25, 0.3) is 0 Å². The fourth-order valence-electron chi connectivity index (χ4n) is 4.40. The van der Waals surface area contributed by atoms with Crippen LogP contribution in [0.15, 0.2) is 24.3 Å². The number of rotatable bonds is 8. The summed E-state index contributed by atoms with van der Waals surface area (Å²) in [4.78, 5) is 29.7. The van der Waals surface area contributed by atoms with Gasteiger partial charge in [0.05, 0.1) is 19.1 Å². The first kappa shape index (κ1) is 21.8. The molecule has 2 unspecified atom stereocenters. The van der Waals surface area contributed by atoms with Crippen LogP contribution in [0, 0.1) is 11.8 Å². The van der Waals surface area contributed by atoms with Crippen molar-refractivity contribution in [3.63, 3.8) is 0 Å². The van der Waals surface area contributed by atoms with Gasteiger partial charge in [-0.1, -0.05) is 39.0 Å². The van der Waals surface area contributed by atoms with Gasteiger partial charge in [0.2, 0.25) is 11.8 Å². The molecule has 2 fully saturated rings. The number of benzene rings is 1. The molecule has 0 aliphatic carbocycles. The molecule has 0 radical (unpaired) electrons. The molecule has 2 aliphatic heterocycles. The molecule has 0 spiro atoms. The zero-order chi connectivity index (χ0) is 20.8. The van der Waals surface area contributed by atoms with Crippen LogP contribution in [-0.2, 0) is 20.7 Å². The molecule has 29 heavy (non-hydrogen) atoms. The quantitative estimate of drug-likeness (QED) is 0.727. The minimum atomic E-state index is -0.281. The molecule has 1 N–H and O–H groups in total. The topological polar surface area (TPSA) is 61.9 Å². The summed E-state index contributed by atoms with van der Waals surface area (Å²) in [6.07, 6.45) is 2.20. The van der Waals surface area contributed by atoms with E-state index in [1.165, 1.54) is 0 Å². The van der Waals surface area contributed by atoms with Gasteiger partial charge >= 0.3 is 0 Å². The number of para-hydroxylation sites is 1. The molecule has 6 heteroatoms. The number of amides is 2. The van der Waals surface area contributed by atoms with Crippen LogP contribution in [0.5, 0.6) is 0 Å². The standard InChI is InChI=1S/C23H35N3O3/c1-4-18-7-5-6-8-21(18)26-16-19(14-22(26)27)23(28)24-15-20(13-17(2)3)25-9-11-29-12-10-25/h5-8,17,19-20H,4,9-16H2,1-3H3,(H,24,28). The normalized spacial score (nSPS) is 21.6. The first-order valence-corrected chi connectivity index (χ1v) is 11.0. The van der Waals surface area contributed by atoms with E-state index in [1.54, 1.807) is 4.90 Å². The van der Waals surface area contributed by atoms with Gasteiger partial charge in [0.15, 0.2) is 0 Å². The number of aryl methyl sites for hydroxylation is 1. The number of anilines is 1. The Morgan fingerprint density at radius 1 is 1.24 bits per heavy atom. The van der Waals surface area contributed by atoms with Gasteiger partial charge in [0.25, 0.3) is 0 Å². The van der Waals surface area contributed by atoms with Crippen molar-refractivity contribution in [2.45, 2.75) is 46.1 Å². The van der Waals surface area contributed by atoms with Crippen molar-refractivity contribution in [1.29, 1.82) is 0 Å². The average molecular weight is 402 g/mol. The van der Waals surface area contributed by atoms with E-state index in [-0.39, 0.29) is 24.2 Å². The summed E-state index contributed by atoms with van der Waals surface area (Å²) in [6.45, 7) is 11.0. The first-order chi connectivity index (χ1) is 14.0. The van der Waals surface area contributed by atoms with Crippen molar-refractivity contribution >= 4 is 17.5 Å². The summed E-state index contributed by atoms with van der Waals surface area (Å²) in [6, 6.07) is 8.29. The molecule has 2 aliphatic rings. The number of ether oxygens (including phenoxy) is 1. The molecule has 0 aromatic heterocycles. The molecule has 160 valence electrons. The molecule has 0 saturated carbocycles. The third kappa shape index (κ3) is 5.58. The van der Waals surface area contributed by atoms with E-state index in [0.29, 0.717) is 25.0 Å². The predicted molar refractivity (Wildman–Crippen MR) is 115 cm³/mol. The van der Waals surface area contributed by atoms with Gasteiger partial charge in [0, 0.05) is 44.3 Å². The number of hydrogen-bond acceptors (Lipinski definition) is 4. The second-order valence-corrected chi connectivity index (χ2v) is 8.56. The summed E-state index contributed by atoms with van der Waals surface area (Å²) < 4.78 is 5.47. The Balaban J connectivity index is 1.59. The lowest BCUT2D eigenvalue weighted by Gasteiger charge is -2.35. The Hall–Kier alpha value is -1.92. The number of carbonyl (C=O) groups is 2. The number of hydrogen-bond donors (Lipinski definition) is 1. The van der Waals surface area contributed by atoms with Crippen LogP contribution in [0.2, 0.25) is 0 Å². The zero-order valence-corrected chi connectivity index (χ0v) is 18.0. The van der Waals surface area contributed by atoms with Crippen LogP contribution >= 0.6 is 0 Å². The molecule has 2 heterocycles. The lowest BCUT2D eigenvalue weighted by molar-refractivity contribution is -0.126. The number of morpholine rings is 1. The van der Waals surface area contributed by atoms with E-state index in [1.807, 2.05) is 18.2 Å². The number of nitrogens with zero attached hydrogens (tertiary/aromatic N) is 2. The summed E-state index contributed by atoms with van der Waals surface area (Å²) in [5.41, 5.74) is 2.09. The summed E-state index contributed by atoms with van der Waals surface area (Å²) in [5.74, 6) is 0.320.